The number of aliphatic hydroxyl groups is 1. The van der Waals surface area contributed by atoms with Crippen molar-refractivity contribution >= 4 is 11.8 Å². The van der Waals surface area contributed by atoms with E-state index in [0.717, 1.165) is 0 Å². The summed E-state index contributed by atoms with van der Waals surface area (Å²) in [4.78, 5) is 24.7. The lowest BCUT2D eigenvalue weighted by Gasteiger charge is -2.21. The molecule has 0 aliphatic carbocycles. The summed E-state index contributed by atoms with van der Waals surface area (Å²) >= 11 is 0. The van der Waals surface area contributed by atoms with Gasteiger partial charge in [-0.15, -0.1) is 0 Å². The summed E-state index contributed by atoms with van der Waals surface area (Å²) in [5.41, 5.74) is 0. The van der Waals surface area contributed by atoms with Gasteiger partial charge in [-0.1, -0.05) is 0 Å². The Balaban J connectivity index is 2.39. The Labute approximate surface area is 101 Å². The van der Waals surface area contributed by atoms with E-state index >= 15 is 0 Å². The lowest BCUT2D eigenvalue weighted by molar-refractivity contribution is -0.136. The van der Waals surface area contributed by atoms with Crippen LogP contribution in [-0.4, -0.2) is 60.1 Å². The predicted molar refractivity (Wildman–Crippen MR) is 63.3 cm³/mol. The van der Waals surface area contributed by atoms with Crippen molar-refractivity contribution in [3.63, 3.8) is 0 Å². The molecule has 98 valence electrons. The highest BCUT2D eigenvalue weighted by atomic mass is 16.3. The maximum atomic E-state index is 11.9. The van der Waals surface area contributed by atoms with E-state index in [1.165, 1.54) is 4.90 Å². The molecular weight excluding hydrogens is 222 g/mol. The Morgan fingerprint density at radius 1 is 1.53 bits per heavy atom. The maximum Gasteiger partial charge on any atom is 0.240 e. The van der Waals surface area contributed by atoms with Crippen molar-refractivity contribution in [2.75, 3.05) is 20.1 Å². The quantitative estimate of drug-likeness (QED) is 0.573. The van der Waals surface area contributed by atoms with Crippen molar-refractivity contribution in [3.8, 4) is 0 Å². The molecule has 1 aliphatic heterocycles. The standard InChI is InChI=1S/C11H21N3O3/c1-7(2)13-10(16)6-14(3)11(17)9-4-8(15)5-12-9/h7-9,12,15H,4-6H2,1-3H3,(H,13,16). The van der Waals surface area contributed by atoms with E-state index in [0.29, 0.717) is 13.0 Å². The highest BCUT2D eigenvalue weighted by molar-refractivity contribution is 5.87. The van der Waals surface area contributed by atoms with Crippen molar-refractivity contribution in [2.45, 2.75) is 38.5 Å². The SMILES string of the molecule is CC(C)NC(=O)CN(C)C(=O)C1CC(O)CN1. The highest BCUT2D eigenvalue weighted by Gasteiger charge is 2.30. The molecule has 0 radical (unpaired) electrons. The van der Waals surface area contributed by atoms with Crippen LogP contribution in [0.3, 0.4) is 0 Å². The number of rotatable bonds is 4. The molecule has 0 aromatic carbocycles. The molecule has 2 amide bonds. The minimum atomic E-state index is -0.471. The van der Waals surface area contributed by atoms with Gasteiger partial charge in [0.1, 0.15) is 0 Å². The second-order valence-electron chi connectivity index (χ2n) is 4.77. The summed E-state index contributed by atoms with van der Waals surface area (Å²) in [6, 6.07) is -0.306. The van der Waals surface area contributed by atoms with E-state index < -0.39 is 6.10 Å². The Morgan fingerprint density at radius 3 is 2.65 bits per heavy atom. The largest absolute Gasteiger partial charge is 0.392 e. The average Bonchev–Trinajstić information content (AvgIpc) is 2.62. The smallest absolute Gasteiger partial charge is 0.240 e. The van der Waals surface area contributed by atoms with E-state index in [-0.39, 0.29) is 30.4 Å². The number of aliphatic hydroxyl groups excluding tert-OH is 1. The van der Waals surface area contributed by atoms with Crippen molar-refractivity contribution in [2.24, 2.45) is 0 Å². The normalized spacial score (nSPS) is 23.8. The van der Waals surface area contributed by atoms with Crippen LogP contribution in [0.5, 0.6) is 0 Å². The maximum absolute atomic E-state index is 11.9. The van der Waals surface area contributed by atoms with Gasteiger partial charge in [0.05, 0.1) is 18.7 Å². The van der Waals surface area contributed by atoms with Gasteiger partial charge in [0.2, 0.25) is 11.8 Å². The third-order valence-corrected chi connectivity index (χ3v) is 2.61. The van der Waals surface area contributed by atoms with E-state index in [4.69, 9.17) is 0 Å². The van der Waals surface area contributed by atoms with Gasteiger partial charge < -0.3 is 20.6 Å². The molecule has 6 heteroatoms. The summed E-state index contributed by atoms with van der Waals surface area (Å²) in [6.07, 6.45) is -0.0588. The zero-order valence-corrected chi connectivity index (χ0v) is 10.6. The van der Waals surface area contributed by atoms with Gasteiger partial charge in [-0.05, 0) is 20.3 Å². The lowest BCUT2D eigenvalue weighted by Crippen LogP contribution is -2.46. The van der Waals surface area contributed by atoms with E-state index in [1.54, 1.807) is 7.05 Å². The summed E-state index contributed by atoms with van der Waals surface area (Å²) in [5.74, 6) is -0.324. The van der Waals surface area contributed by atoms with Crippen molar-refractivity contribution in [3.05, 3.63) is 0 Å². The van der Waals surface area contributed by atoms with Crippen LogP contribution in [0.25, 0.3) is 0 Å². The van der Waals surface area contributed by atoms with Crippen molar-refractivity contribution in [1.29, 1.82) is 0 Å². The summed E-state index contributed by atoms with van der Waals surface area (Å²) in [5, 5.41) is 15.0. The topological polar surface area (TPSA) is 81.7 Å². The van der Waals surface area contributed by atoms with Crippen LogP contribution in [0.15, 0.2) is 0 Å². The number of likely N-dealkylation sites (N-methyl/N-ethyl adjacent to an activating group) is 1. The van der Waals surface area contributed by atoms with E-state index in [2.05, 4.69) is 10.6 Å². The van der Waals surface area contributed by atoms with Crippen LogP contribution in [0, 0.1) is 0 Å². The second-order valence-corrected chi connectivity index (χ2v) is 4.77. The Morgan fingerprint density at radius 2 is 2.18 bits per heavy atom. The number of carbonyl (C=O) groups is 2. The summed E-state index contributed by atoms with van der Waals surface area (Å²) in [6.45, 7) is 4.22. The van der Waals surface area contributed by atoms with Crippen LogP contribution < -0.4 is 10.6 Å². The number of amides is 2. The first kappa shape index (κ1) is 13.9. The third kappa shape index (κ3) is 4.32. The van der Waals surface area contributed by atoms with Crippen LogP contribution in [0.4, 0.5) is 0 Å². The van der Waals surface area contributed by atoms with Crippen molar-refractivity contribution < 1.29 is 14.7 Å². The number of hydrogen-bond donors (Lipinski definition) is 3. The number of nitrogens with one attached hydrogen (secondary N) is 2. The van der Waals surface area contributed by atoms with Gasteiger partial charge in [-0.3, -0.25) is 9.59 Å². The zero-order chi connectivity index (χ0) is 13.0. The molecule has 2 unspecified atom stereocenters. The van der Waals surface area contributed by atoms with Crippen molar-refractivity contribution in [1.82, 2.24) is 15.5 Å². The van der Waals surface area contributed by atoms with Crippen LogP contribution >= 0.6 is 0 Å². The van der Waals surface area contributed by atoms with Gasteiger partial charge in [0, 0.05) is 19.6 Å². The molecule has 0 aromatic rings. The fourth-order valence-corrected chi connectivity index (χ4v) is 1.83. The molecule has 1 saturated heterocycles. The number of nitrogens with zero attached hydrogens (tertiary/aromatic N) is 1. The van der Waals surface area contributed by atoms with Gasteiger partial charge in [-0.25, -0.2) is 0 Å². The minimum absolute atomic E-state index is 0.0469. The van der Waals surface area contributed by atoms with Gasteiger partial charge in [0.15, 0.2) is 0 Å². The number of carbonyl (C=O) groups excluding carboxylic acids is 2. The Hall–Kier alpha value is -1.14. The van der Waals surface area contributed by atoms with Crippen LogP contribution in [0.2, 0.25) is 0 Å². The molecular formula is C11H21N3O3. The third-order valence-electron chi connectivity index (χ3n) is 2.61. The molecule has 3 N–H and O–H groups in total. The van der Waals surface area contributed by atoms with Gasteiger partial charge in [0.25, 0.3) is 0 Å². The molecule has 0 spiro atoms. The number of β-amino-alcohol motifs (C(OH)–C–C–N with tert-alkyl or cyclic N) is 1. The Bertz CT molecular complexity index is 294. The lowest BCUT2D eigenvalue weighted by atomic mass is 10.2. The molecule has 17 heavy (non-hydrogen) atoms. The molecule has 0 aromatic heterocycles. The molecule has 1 rings (SSSR count). The molecule has 1 fully saturated rings. The fourth-order valence-electron chi connectivity index (χ4n) is 1.83. The highest BCUT2D eigenvalue weighted by Crippen LogP contribution is 2.08. The van der Waals surface area contributed by atoms with E-state index in [1.807, 2.05) is 13.8 Å². The summed E-state index contributed by atoms with van der Waals surface area (Å²) in [7, 11) is 1.59. The Kier molecular flexibility index (Phi) is 4.89. The first-order valence-corrected chi connectivity index (χ1v) is 5.86. The second kappa shape index (κ2) is 5.97. The number of hydrogen-bond acceptors (Lipinski definition) is 4. The predicted octanol–water partition coefficient (Wildman–Crippen LogP) is -1.31. The van der Waals surface area contributed by atoms with Crippen LogP contribution in [-0.2, 0) is 9.59 Å². The molecule has 6 nitrogen and oxygen atoms in total. The average molecular weight is 243 g/mol. The molecule has 0 saturated carbocycles. The molecule has 1 heterocycles. The molecule has 2 atom stereocenters. The monoisotopic (exact) mass is 243 g/mol. The van der Waals surface area contributed by atoms with E-state index in [9.17, 15) is 14.7 Å². The van der Waals surface area contributed by atoms with Gasteiger partial charge >= 0.3 is 0 Å². The zero-order valence-electron chi connectivity index (χ0n) is 10.6. The molecule has 1 aliphatic rings. The van der Waals surface area contributed by atoms with Crippen LogP contribution in [0.1, 0.15) is 20.3 Å². The fraction of sp³-hybridized carbons (Fsp3) is 0.818. The minimum Gasteiger partial charge on any atom is -0.392 e. The summed E-state index contributed by atoms with van der Waals surface area (Å²) < 4.78 is 0. The van der Waals surface area contributed by atoms with Gasteiger partial charge in [-0.2, -0.15) is 0 Å². The first-order valence-electron chi connectivity index (χ1n) is 5.86. The first-order chi connectivity index (χ1) is 7.90. The molecule has 0 bridgehead atoms.